The van der Waals surface area contributed by atoms with Crippen molar-refractivity contribution in [3.63, 3.8) is 0 Å². The first-order chi connectivity index (χ1) is 12.2. The third kappa shape index (κ3) is 4.29. The number of benzene rings is 1. The Kier molecular flexibility index (Phi) is 5.15. The molecule has 3 rings (SSSR count). The Morgan fingerprint density at radius 1 is 1.27 bits per heavy atom. The number of hydrogen-bond donors (Lipinski definition) is 1. The van der Waals surface area contributed by atoms with Gasteiger partial charge < -0.3 is 10.1 Å². The second-order valence-corrected chi connectivity index (χ2v) is 8.37. The fourth-order valence-electron chi connectivity index (χ4n) is 3.31. The van der Waals surface area contributed by atoms with Crippen molar-refractivity contribution in [1.29, 1.82) is 0 Å². The second-order valence-electron chi connectivity index (χ2n) is 7.96. The summed E-state index contributed by atoms with van der Waals surface area (Å²) in [5.41, 5.74) is 0.302. The Morgan fingerprint density at radius 3 is 2.62 bits per heavy atom. The molecule has 0 bridgehead atoms. The molecule has 7 heteroatoms. The van der Waals surface area contributed by atoms with Crippen LogP contribution in [0.1, 0.15) is 45.1 Å². The molecule has 1 saturated carbocycles. The Labute approximate surface area is 157 Å². The molecule has 0 spiro atoms. The van der Waals surface area contributed by atoms with E-state index in [1.54, 1.807) is 20.8 Å². The van der Waals surface area contributed by atoms with Crippen molar-refractivity contribution in [3.8, 4) is 0 Å². The van der Waals surface area contributed by atoms with Crippen molar-refractivity contribution in [1.82, 2.24) is 10.2 Å². The highest BCUT2D eigenvalue weighted by molar-refractivity contribution is 6.31. The number of nitrogens with zero attached hydrogens (tertiary/aromatic N) is 1. The molecule has 1 N–H and O–H groups in total. The van der Waals surface area contributed by atoms with Crippen molar-refractivity contribution in [2.75, 3.05) is 6.54 Å². The van der Waals surface area contributed by atoms with E-state index in [9.17, 15) is 14.0 Å². The van der Waals surface area contributed by atoms with Crippen molar-refractivity contribution in [2.45, 2.75) is 63.4 Å². The number of ether oxygens (including phenoxy) is 1. The lowest BCUT2D eigenvalue weighted by Gasteiger charge is -2.27. The van der Waals surface area contributed by atoms with Gasteiger partial charge in [0, 0.05) is 23.4 Å². The minimum atomic E-state index is -1.23. The summed E-state index contributed by atoms with van der Waals surface area (Å²) in [4.78, 5) is 26.1. The number of alkyl halides is 1. The highest BCUT2D eigenvalue weighted by atomic mass is 35.5. The number of nitrogens with one attached hydrogen (secondary N) is 1. The quantitative estimate of drug-likeness (QED) is 0.867. The van der Waals surface area contributed by atoms with Gasteiger partial charge in [-0.3, -0.25) is 9.69 Å². The zero-order valence-electron chi connectivity index (χ0n) is 15.2. The molecule has 2 fully saturated rings. The molecular formula is C19H24ClFN2O3. The Bertz CT molecular complexity index is 706. The lowest BCUT2D eigenvalue weighted by Crippen LogP contribution is -2.48. The lowest BCUT2D eigenvalue weighted by molar-refractivity contribution is -0.125. The third-order valence-corrected chi connectivity index (χ3v) is 4.95. The van der Waals surface area contributed by atoms with Crippen LogP contribution in [-0.4, -0.2) is 47.3 Å². The lowest BCUT2D eigenvalue weighted by atomic mass is 10.1. The van der Waals surface area contributed by atoms with Gasteiger partial charge in [0.25, 0.3) is 0 Å². The Balaban J connectivity index is 1.62. The normalized spacial score (nSPS) is 28.0. The summed E-state index contributed by atoms with van der Waals surface area (Å²) in [6.45, 7) is 5.09. The smallest absolute Gasteiger partial charge is 0.411 e. The van der Waals surface area contributed by atoms with Crippen LogP contribution in [0.25, 0.3) is 0 Å². The second kappa shape index (κ2) is 7.06. The summed E-state index contributed by atoms with van der Waals surface area (Å²) in [5.74, 6) is -0.180. The van der Waals surface area contributed by atoms with Crippen LogP contribution in [0.2, 0.25) is 5.02 Å². The minimum Gasteiger partial charge on any atom is -0.444 e. The molecule has 0 radical (unpaired) electrons. The van der Waals surface area contributed by atoms with Gasteiger partial charge in [-0.25, -0.2) is 9.18 Å². The molecular weight excluding hydrogens is 359 g/mol. The van der Waals surface area contributed by atoms with E-state index < -0.39 is 23.9 Å². The predicted octanol–water partition coefficient (Wildman–Crippen LogP) is 3.66. The molecule has 142 valence electrons. The SMILES string of the molecule is CC(C)(C)OC(=O)N1C[C@H](F)C[C@H]1C(=O)NC1CC1c1ccccc1Cl. The zero-order chi connectivity index (χ0) is 19.1. The molecule has 26 heavy (non-hydrogen) atoms. The number of carbonyl (C=O) groups excluding carboxylic acids is 2. The van der Waals surface area contributed by atoms with E-state index >= 15 is 0 Å². The average Bonchev–Trinajstić information content (AvgIpc) is 3.16. The van der Waals surface area contributed by atoms with E-state index in [1.807, 2.05) is 24.3 Å². The van der Waals surface area contributed by atoms with Gasteiger partial charge in [-0.15, -0.1) is 0 Å². The van der Waals surface area contributed by atoms with E-state index in [-0.39, 0.29) is 30.8 Å². The highest BCUT2D eigenvalue weighted by Gasteiger charge is 2.46. The van der Waals surface area contributed by atoms with Crippen LogP contribution >= 0.6 is 11.6 Å². The summed E-state index contributed by atoms with van der Waals surface area (Å²) in [5, 5.41) is 3.60. The molecule has 4 atom stereocenters. The van der Waals surface area contributed by atoms with Gasteiger partial charge in [-0.1, -0.05) is 29.8 Å². The van der Waals surface area contributed by atoms with Crippen molar-refractivity contribution >= 4 is 23.6 Å². The van der Waals surface area contributed by atoms with Crippen molar-refractivity contribution < 1.29 is 18.7 Å². The minimum absolute atomic E-state index is 0.00540. The maximum atomic E-state index is 13.9. The summed E-state index contributed by atoms with van der Waals surface area (Å²) < 4.78 is 19.2. The largest absolute Gasteiger partial charge is 0.444 e. The first-order valence-corrected chi connectivity index (χ1v) is 9.22. The summed E-state index contributed by atoms with van der Waals surface area (Å²) >= 11 is 6.20. The molecule has 1 aliphatic heterocycles. The molecule has 2 aliphatic rings. The molecule has 2 unspecified atom stereocenters. The highest BCUT2D eigenvalue weighted by Crippen LogP contribution is 2.43. The molecule has 2 amide bonds. The summed E-state index contributed by atoms with van der Waals surface area (Å²) in [6.07, 6.45) is -1.10. The van der Waals surface area contributed by atoms with E-state index in [4.69, 9.17) is 16.3 Å². The van der Waals surface area contributed by atoms with E-state index in [1.165, 1.54) is 4.90 Å². The molecule has 1 saturated heterocycles. The first-order valence-electron chi connectivity index (χ1n) is 8.84. The summed E-state index contributed by atoms with van der Waals surface area (Å²) in [7, 11) is 0. The van der Waals surface area contributed by atoms with Crippen molar-refractivity contribution in [2.24, 2.45) is 0 Å². The Morgan fingerprint density at radius 2 is 1.96 bits per heavy atom. The van der Waals surface area contributed by atoms with Crippen LogP contribution < -0.4 is 5.32 Å². The maximum Gasteiger partial charge on any atom is 0.411 e. The van der Waals surface area contributed by atoms with E-state index in [0.717, 1.165) is 12.0 Å². The maximum absolute atomic E-state index is 13.9. The van der Waals surface area contributed by atoms with Crippen LogP contribution in [0, 0.1) is 0 Å². The topological polar surface area (TPSA) is 58.6 Å². The molecule has 5 nitrogen and oxygen atoms in total. The van der Waals surface area contributed by atoms with Crippen molar-refractivity contribution in [3.05, 3.63) is 34.9 Å². The van der Waals surface area contributed by atoms with Crippen LogP contribution in [0.3, 0.4) is 0 Å². The third-order valence-electron chi connectivity index (χ3n) is 4.60. The molecule has 0 aromatic heterocycles. The fraction of sp³-hybridized carbons (Fsp3) is 0.579. The number of rotatable bonds is 3. The van der Waals surface area contributed by atoms with Crippen LogP contribution in [0.5, 0.6) is 0 Å². The van der Waals surface area contributed by atoms with Crippen LogP contribution in [0.4, 0.5) is 9.18 Å². The predicted molar refractivity (Wildman–Crippen MR) is 97.0 cm³/mol. The Hall–Kier alpha value is -1.82. The molecule has 1 aliphatic carbocycles. The molecule has 1 aromatic carbocycles. The van der Waals surface area contributed by atoms with Gasteiger partial charge in [-0.2, -0.15) is 0 Å². The van der Waals surface area contributed by atoms with Gasteiger partial charge in [0.2, 0.25) is 5.91 Å². The zero-order valence-corrected chi connectivity index (χ0v) is 15.9. The number of hydrogen-bond acceptors (Lipinski definition) is 3. The van der Waals surface area contributed by atoms with E-state index in [0.29, 0.717) is 5.02 Å². The average molecular weight is 383 g/mol. The van der Waals surface area contributed by atoms with Gasteiger partial charge >= 0.3 is 6.09 Å². The number of halogens is 2. The molecule has 1 aromatic rings. The summed E-state index contributed by atoms with van der Waals surface area (Å²) in [6, 6.07) is 6.66. The van der Waals surface area contributed by atoms with Crippen LogP contribution in [-0.2, 0) is 9.53 Å². The van der Waals surface area contributed by atoms with Gasteiger partial charge in [-0.05, 0) is 38.8 Å². The van der Waals surface area contributed by atoms with Gasteiger partial charge in [0.05, 0.1) is 6.54 Å². The number of carbonyl (C=O) groups is 2. The fourth-order valence-corrected chi connectivity index (χ4v) is 3.58. The van der Waals surface area contributed by atoms with Crippen LogP contribution in [0.15, 0.2) is 24.3 Å². The monoisotopic (exact) mass is 382 g/mol. The van der Waals surface area contributed by atoms with Gasteiger partial charge in [0.1, 0.15) is 17.8 Å². The standard InChI is InChI=1S/C19H24ClFN2O3/c1-19(2,3)26-18(25)23-10-11(21)8-16(23)17(24)22-15-9-13(15)12-6-4-5-7-14(12)20/h4-7,11,13,15-16H,8-10H2,1-3H3,(H,22,24)/t11-,13?,15?,16+/m1/s1. The number of amides is 2. The first kappa shape index (κ1) is 19.0. The molecule has 1 heterocycles. The van der Waals surface area contributed by atoms with E-state index in [2.05, 4.69) is 5.32 Å². The number of likely N-dealkylation sites (tertiary alicyclic amines) is 1. The van der Waals surface area contributed by atoms with Gasteiger partial charge in [0.15, 0.2) is 0 Å².